The Morgan fingerprint density at radius 2 is 2.00 bits per heavy atom. The van der Waals surface area contributed by atoms with Gasteiger partial charge < -0.3 is 5.32 Å². The van der Waals surface area contributed by atoms with Crippen molar-refractivity contribution in [1.29, 1.82) is 5.26 Å². The molecule has 0 aliphatic rings. The summed E-state index contributed by atoms with van der Waals surface area (Å²) in [4.78, 5) is 12.8. The smallest absolute Gasteiger partial charge is 0.216 e. The number of allylic oxidation sites excluding steroid dienone is 1. The lowest BCUT2D eigenvalue weighted by Gasteiger charge is -2.05. The summed E-state index contributed by atoms with van der Waals surface area (Å²) in [5.74, 6) is 0.188. The molecular formula is C17H9ClN6OS. The minimum Gasteiger partial charge on any atom is -0.360 e. The van der Waals surface area contributed by atoms with Gasteiger partial charge in [0, 0.05) is 37.1 Å². The molecular weight excluding hydrogens is 372 g/mol. The molecule has 0 amide bonds. The first-order valence-electron chi connectivity index (χ1n) is 7.42. The number of tetrazole rings is 1. The number of aromatic amines is 1. The van der Waals surface area contributed by atoms with Gasteiger partial charge in [0.1, 0.15) is 11.6 Å². The summed E-state index contributed by atoms with van der Waals surface area (Å²) in [5, 5.41) is 27.1. The Balaban J connectivity index is 1.78. The maximum atomic E-state index is 12.8. The van der Waals surface area contributed by atoms with Crippen LogP contribution in [0.1, 0.15) is 5.82 Å². The number of aromatic nitrogens is 4. The van der Waals surface area contributed by atoms with Crippen LogP contribution < -0.4 is 10.7 Å². The first kappa shape index (κ1) is 16.2. The molecule has 9 heteroatoms. The van der Waals surface area contributed by atoms with Gasteiger partial charge >= 0.3 is 0 Å². The first-order valence-corrected chi connectivity index (χ1v) is 8.62. The van der Waals surface area contributed by atoms with E-state index in [9.17, 15) is 10.1 Å². The number of nitriles is 1. The van der Waals surface area contributed by atoms with Gasteiger partial charge in [-0.3, -0.25) is 4.79 Å². The molecule has 0 unspecified atom stereocenters. The average molecular weight is 381 g/mol. The summed E-state index contributed by atoms with van der Waals surface area (Å²) in [6.07, 6.45) is 1.47. The van der Waals surface area contributed by atoms with Crippen molar-refractivity contribution in [3.63, 3.8) is 0 Å². The molecule has 4 aromatic rings. The molecule has 0 aliphatic heterocycles. The summed E-state index contributed by atoms with van der Waals surface area (Å²) in [6.45, 7) is 0. The van der Waals surface area contributed by atoms with Gasteiger partial charge in [0.25, 0.3) is 0 Å². The molecule has 0 radical (unpaired) electrons. The van der Waals surface area contributed by atoms with Crippen molar-refractivity contribution in [1.82, 2.24) is 20.6 Å². The fourth-order valence-electron chi connectivity index (χ4n) is 2.50. The number of nitrogens with one attached hydrogen (secondary N) is 2. The largest absolute Gasteiger partial charge is 0.360 e. The summed E-state index contributed by atoms with van der Waals surface area (Å²) in [6, 6.07) is 12.7. The lowest BCUT2D eigenvalue weighted by atomic mass is 10.1. The van der Waals surface area contributed by atoms with Gasteiger partial charge in [0.05, 0.1) is 0 Å². The normalized spacial score (nSPS) is 11.6. The lowest BCUT2D eigenvalue weighted by molar-refractivity contribution is 0.881. The van der Waals surface area contributed by atoms with Crippen molar-refractivity contribution < 1.29 is 0 Å². The second-order valence-corrected chi connectivity index (χ2v) is 6.85. The Kier molecular flexibility index (Phi) is 4.08. The number of fused-ring (bicyclic) bond motifs is 2. The van der Waals surface area contributed by atoms with Crippen molar-refractivity contribution in [3.8, 4) is 6.07 Å². The molecule has 26 heavy (non-hydrogen) atoms. The maximum absolute atomic E-state index is 12.8. The van der Waals surface area contributed by atoms with Crippen molar-refractivity contribution >= 4 is 54.4 Å². The molecule has 0 fully saturated rings. The van der Waals surface area contributed by atoms with E-state index in [-0.39, 0.29) is 16.8 Å². The molecule has 0 bridgehead atoms. The predicted molar refractivity (Wildman–Crippen MR) is 102 cm³/mol. The Hall–Kier alpha value is -3.28. The van der Waals surface area contributed by atoms with Crippen molar-refractivity contribution in [3.05, 3.63) is 63.7 Å². The van der Waals surface area contributed by atoms with E-state index in [1.807, 2.05) is 24.3 Å². The predicted octanol–water partition coefficient (Wildman–Crippen LogP) is 3.56. The molecule has 2 aromatic carbocycles. The Morgan fingerprint density at radius 1 is 1.23 bits per heavy atom. The van der Waals surface area contributed by atoms with Crippen LogP contribution in [0.15, 0.2) is 47.4 Å². The molecule has 2 N–H and O–H groups in total. The van der Waals surface area contributed by atoms with Crippen molar-refractivity contribution in [2.45, 2.75) is 0 Å². The second-order valence-electron chi connectivity index (χ2n) is 5.33. The fourth-order valence-corrected chi connectivity index (χ4v) is 3.70. The van der Waals surface area contributed by atoms with Gasteiger partial charge in [-0.05, 0) is 41.6 Å². The van der Waals surface area contributed by atoms with E-state index in [4.69, 9.17) is 11.6 Å². The molecule has 0 saturated carbocycles. The van der Waals surface area contributed by atoms with E-state index < -0.39 is 0 Å². The number of hydrogen-bond acceptors (Lipinski definition) is 7. The molecule has 0 atom stereocenters. The van der Waals surface area contributed by atoms with Crippen LogP contribution in [0.4, 0.5) is 5.69 Å². The Morgan fingerprint density at radius 3 is 2.73 bits per heavy atom. The number of anilines is 1. The van der Waals surface area contributed by atoms with Crippen LogP contribution >= 0.6 is 22.9 Å². The fraction of sp³-hybridized carbons (Fsp3) is 0. The third-order valence-corrected chi connectivity index (χ3v) is 5.11. The molecule has 126 valence electrons. The van der Waals surface area contributed by atoms with E-state index in [0.717, 1.165) is 9.40 Å². The van der Waals surface area contributed by atoms with Gasteiger partial charge in [-0.15, -0.1) is 21.5 Å². The minimum absolute atomic E-state index is 0.0810. The molecule has 0 aliphatic carbocycles. The Bertz CT molecular complexity index is 1260. The first-order chi connectivity index (χ1) is 12.7. The third-order valence-electron chi connectivity index (χ3n) is 3.72. The second kappa shape index (κ2) is 6.55. The monoisotopic (exact) mass is 380 g/mol. The van der Waals surface area contributed by atoms with E-state index >= 15 is 0 Å². The van der Waals surface area contributed by atoms with Gasteiger partial charge in [-0.2, -0.15) is 10.5 Å². The van der Waals surface area contributed by atoms with Crippen LogP contribution in [0, 0.1) is 11.3 Å². The molecule has 7 nitrogen and oxygen atoms in total. The van der Waals surface area contributed by atoms with Gasteiger partial charge in [-0.1, -0.05) is 11.6 Å². The van der Waals surface area contributed by atoms with Crippen molar-refractivity contribution in [2.24, 2.45) is 0 Å². The summed E-state index contributed by atoms with van der Waals surface area (Å²) >= 11 is 7.54. The standard InChI is InChI=1S/C17H9ClN6OS/c18-10-1-3-14-12(5-10)16(25)13-6-11(2-4-15(13)26-14)20-8-9(7-19)17-21-23-24-22-17/h1-6,8,20H,(H,21,22,23,24). The summed E-state index contributed by atoms with van der Waals surface area (Å²) in [5.41, 5.74) is 0.802. The zero-order valence-corrected chi connectivity index (χ0v) is 14.6. The average Bonchev–Trinajstić information content (AvgIpc) is 3.18. The highest BCUT2D eigenvalue weighted by Gasteiger charge is 2.08. The van der Waals surface area contributed by atoms with E-state index in [1.54, 1.807) is 18.2 Å². The topological polar surface area (TPSA) is 107 Å². The zero-order valence-electron chi connectivity index (χ0n) is 13.0. The van der Waals surface area contributed by atoms with Crippen LogP contribution in [0.5, 0.6) is 0 Å². The van der Waals surface area contributed by atoms with Gasteiger partial charge in [0.2, 0.25) is 5.82 Å². The van der Waals surface area contributed by atoms with Crippen LogP contribution in [0.3, 0.4) is 0 Å². The number of hydrogen-bond donors (Lipinski definition) is 2. The van der Waals surface area contributed by atoms with Crippen LogP contribution in [-0.4, -0.2) is 20.6 Å². The third kappa shape index (κ3) is 2.90. The summed E-state index contributed by atoms with van der Waals surface area (Å²) in [7, 11) is 0. The summed E-state index contributed by atoms with van der Waals surface area (Å²) < 4.78 is 1.76. The Labute approximate surface area is 155 Å². The molecule has 0 saturated heterocycles. The molecule has 2 heterocycles. The highest BCUT2D eigenvalue weighted by Crippen LogP contribution is 2.28. The molecule has 0 spiro atoms. The quantitative estimate of drug-likeness (QED) is 0.415. The van der Waals surface area contributed by atoms with Crippen molar-refractivity contribution in [2.75, 3.05) is 5.32 Å². The SMILES string of the molecule is N#CC(=CNc1ccc2sc3ccc(Cl)cc3c(=O)c2c1)c1nn[nH]n1. The number of benzene rings is 2. The number of rotatable bonds is 3. The lowest BCUT2D eigenvalue weighted by Crippen LogP contribution is -2.01. The minimum atomic E-state index is -0.0810. The highest BCUT2D eigenvalue weighted by molar-refractivity contribution is 7.24. The van der Waals surface area contributed by atoms with Crippen LogP contribution in [0.2, 0.25) is 5.02 Å². The van der Waals surface area contributed by atoms with Gasteiger partial charge in [0.15, 0.2) is 5.43 Å². The number of nitrogens with zero attached hydrogens (tertiary/aromatic N) is 4. The molecule has 4 rings (SSSR count). The van der Waals surface area contributed by atoms with Crippen LogP contribution in [0.25, 0.3) is 25.7 Å². The number of halogens is 1. The van der Waals surface area contributed by atoms with E-state index in [0.29, 0.717) is 21.5 Å². The highest BCUT2D eigenvalue weighted by atomic mass is 35.5. The zero-order chi connectivity index (χ0) is 18.1. The molecule has 2 aromatic heterocycles. The van der Waals surface area contributed by atoms with E-state index in [2.05, 4.69) is 25.9 Å². The van der Waals surface area contributed by atoms with E-state index in [1.165, 1.54) is 17.5 Å². The number of H-pyrrole nitrogens is 1. The van der Waals surface area contributed by atoms with Gasteiger partial charge in [-0.25, -0.2) is 0 Å². The van der Waals surface area contributed by atoms with Crippen LogP contribution in [-0.2, 0) is 0 Å². The maximum Gasteiger partial charge on any atom is 0.216 e.